The Kier molecular flexibility index (Phi) is 8.48. The highest BCUT2D eigenvalue weighted by molar-refractivity contribution is 6.46. The summed E-state index contributed by atoms with van der Waals surface area (Å²) in [6, 6.07) is 21.5. The first-order chi connectivity index (χ1) is 19.9. The maximum Gasteiger partial charge on any atom is 0.295 e. The molecule has 1 aliphatic rings. The lowest BCUT2D eigenvalue weighted by atomic mass is 9.95. The zero-order valence-corrected chi connectivity index (χ0v) is 23.2. The number of aliphatic hydroxyl groups excluding tert-OH is 1. The van der Waals surface area contributed by atoms with Gasteiger partial charge in [-0.1, -0.05) is 42.0 Å². The number of carbonyl (C=O) groups excluding carboxylic acids is 2. The minimum absolute atomic E-state index is 0.0650. The summed E-state index contributed by atoms with van der Waals surface area (Å²) in [6.45, 7) is 5.85. The number of rotatable bonds is 11. The predicted molar refractivity (Wildman–Crippen MR) is 155 cm³/mol. The second-order valence-corrected chi connectivity index (χ2v) is 9.95. The van der Waals surface area contributed by atoms with Crippen molar-refractivity contribution >= 4 is 17.4 Å². The lowest BCUT2D eigenvalue weighted by molar-refractivity contribution is -0.139. The van der Waals surface area contributed by atoms with Gasteiger partial charge in [-0.3, -0.25) is 9.59 Å². The minimum atomic E-state index is -0.731. The van der Waals surface area contributed by atoms with E-state index in [0.29, 0.717) is 49.8 Å². The van der Waals surface area contributed by atoms with Crippen molar-refractivity contribution in [3.8, 4) is 11.5 Å². The fraction of sp³-hybridized carbons (Fsp3) is 0.242. The topological polar surface area (TPSA) is 93.9 Å². The van der Waals surface area contributed by atoms with Gasteiger partial charge in [-0.2, -0.15) is 0 Å². The quantitative estimate of drug-likeness (QED) is 0.146. The molecule has 0 spiro atoms. The van der Waals surface area contributed by atoms with Crippen LogP contribution < -0.4 is 9.47 Å². The molecule has 1 saturated heterocycles. The number of Topliss-reactive ketones (excluding diaryl/α,β-unsaturated/α-hetero) is 1. The highest BCUT2D eigenvalue weighted by Crippen LogP contribution is 2.40. The number of hydrogen-bond donors (Lipinski definition) is 1. The van der Waals surface area contributed by atoms with Gasteiger partial charge in [-0.25, -0.2) is 4.98 Å². The highest BCUT2D eigenvalue weighted by Gasteiger charge is 2.45. The van der Waals surface area contributed by atoms with Crippen molar-refractivity contribution in [1.82, 2.24) is 14.5 Å². The Morgan fingerprint density at radius 2 is 1.68 bits per heavy atom. The zero-order chi connectivity index (χ0) is 28.8. The number of carbonyl (C=O) groups is 2. The summed E-state index contributed by atoms with van der Waals surface area (Å²) >= 11 is 0. The average Bonchev–Trinajstić information content (AvgIpc) is 3.59. The van der Waals surface area contributed by atoms with E-state index in [2.05, 4.69) is 11.1 Å². The molecule has 4 aromatic rings. The van der Waals surface area contributed by atoms with Crippen molar-refractivity contribution < 1.29 is 24.2 Å². The number of nitrogens with zero attached hydrogens (tertiary/aromatic N) is 3. The molecule has 0 bridgehead atoms. The van der Waals surface area contributed by atoms with E-state index in [1.807, 2.05) is 67.1 Å². The van der Waals surface area contributed by atoms with Crippen molar-refractivity contribution in [2.75, 3.05) is 13.2 Å². The van der Waals surface area contributed by atoms with Crippen LogP contribution in [0.2, 0.25) is 0 Å². The molecule has 3 aromatic carbocycles. The molecule has 0 aliphatic carbocycles. The number of amides is 1. The van der Waals surface area contributed by atoms with E-state index < -0.39 is 17.7 Å². The Labute approximate surface area is 239 Å². The van der Waals surface area contributed by atoms with Crippen LogP contribution in [0, 0.1) is 6.92 Å². The molecule has 1 aliphatic heterocycles. The van der Waals surface area contributed by atoms with Crippen LogP contribution in [0.3, 0.4) is 0 Å². The maximum absolute atomic E-state index is 13.4. The Bertz CT molecular complexity index is 1530. The third-order valence-corrected chi connectivity index (χ3v) is 7.04. The van der Waals surface area contributed by atoms with Gasteiger partial charge < -0.3 is 24.0 Å². The lowest BCUT2D eigenvalue weighted by Gasteiger charge is -2.25. The number of benzene rings is 3. The van der Waals surface area contributed by atoms with Gasteiger partial charge in [0.2, 0.25) is 0 Å². The second-order valence-electron chi connectivity index (χ2n) is 9.95. The Balaban J connectivity index is 1.41. The molecule has 1 amide bonds. The number of ether oxygens (including phenoxy) is 2. The molecule has 2 heterocycles. The fourth-order valence-electron chi connectivity index (χ4n) is 5.05. The standard InChI is InChI=1S/C33H33N3O5/c1-3-40-27-12-8-25(9-13-27)30-29(32(38)33(39)36(30)18-5-17-35-19-16-34-22-35)31(37)26-10-14-28(15-11-26)41-21-24-7-4-6-23(2)20-24/h4,6-16,19-20,22,30,37H,3,5,17-18,21H2,1-2H3. The van der Waals surface area contributed by atoms with Crippen molar-refractivity contribution in [3.63, 3.8) is 0 Å². The number of imidazole rings is 1. The molecular weight excluding hydrogens is 518 g/mol. The van der Waals surface area contributed by atoms with Crippen LogP contribution in [0.5, 0.6) is 11.5 Å². The smallest absolute Gasteiger partial charge is 0.295 e. The van der Waals surface area contributed by atoms with E-state index in [1.54, 1.807) is 41.7 Å². The van der Waals surface area contributed by atoms with Crippen LogP contribution in [0.1, 0.15) is 41.6 Å². The van der Waals surface area contributed by atoms with Gasteiger partial charge in [-0.15, -0.1) is 0 Å². The normalized spacial score (nSPS) is 16.2. The van der Waals surface area contributed by atoms with Crippen molar-refractivity contribution in [2.45, 2.75) is 39.5 Å². The van der Waals surface area contributed by atoms with E-state index in [-0.39, 0.29) is 11.3 Å². The first kappa shape index (κ1) is 27.7. The number of ketones is 1. The molecule has 1 aromatic heterocycles. The molecular formula is C33H33N3O5. The van der Waals surface area contributed by atoms with E-state index in [1.165, 1.54) is 0 Å². The molecule has 1 atom stereocenters. The minimum Gasteiger partial charge on any atom is -0.507 e. The maximum atomic E-state index is 13.4. The van der Waals surface area contributed by atoms with Gasteiger partial charge in [0.1, 0.15) is 23.9 Å². The summed E-state index contributed by atoms with van der Waals surface area (Å²) in [5, 5.41) is 11.4. The van der Waals surface area contributed by atoms with Crippen molar-refractivity contribution in [2.24, 2.45) is 0 Å². The monoisotopic (exact) mass is 551 g/mol. The Morgan fingerprint density at radius 1 is 0.951 bits per heavy atom. The molecule has 5 rings (SSSR count). The van der Waals surface area contributed by atoms with Gasteiger partial charge in [0, 0.05) is 31.0 Å². The summed E-state index contributed by atoms with van der Waals surface area (Å²) in [6.07, 6.45) is 5.88. The predicted octanol–water partition coefficient (Wildman–Crippen LogP) is 5.68. The molecule has 0 radical (unpaired) electrons. The second kappa shape index (κ2) is 12.6. The molecule has 1 fully saturated rings. The van der Waals surface area contributed by atoms with Crippen LogP contribution in [-0.2, 0) is 22.7 Å². The summed E-state index contributed by atoms with van der Waals surface area (Å²) in [4.78, 5) is 32.2. The molecule has 210 valence electrons. The van der Waals surface area contributed by atoms with Gasteiger partial charge in [-0.05, 0) is 67.8 Å². The van der Waals surface area contributed by atoms with Crippen LogP contribution >= 0.6 is 0 Å². The first-order valence-corrected chi connectivity index (χ1v) is 13.7. The van der Waals surface area contributed by atoms with E-state index >= 15 is 0 Å². The van der Waals surface area contributed by atoms with Gasteiger partial charge >= 0.3 is 0 Å². The van der Waals surface area contributed by atoms with Crippen LogP contribution in [0.4, 0.5) is 0 Å². The summed E-state index contributed by atoms with van der Waals surface area (Å²) < 4.78 is 13.4. The average molecular weight is 552 g/mol. The third kappa shape index (κ3) is 6.32. The van der Waals surface area contributed by atoms with Gasteiger partial charge in [0.25, 0.3) is 11.7 Å². The SMILES string of the molecule is CCOc1ccc(C2C(=C(O)c3ccc(OCc4cccc(C)c4)cc3)C(=O)C(=O)N2CCCn2ccnc2)cc1. The zero-order valence-electron chi connectivity index (χ0n) is 23.2. The van der Waals surface area contributed by atoms with Crippen molar-refractivity contribution in [3.05, 3.63) is 119 Å². The summed E-state index contributed by atoms with van der Waals surface area (Å²) in [7, 11) is 0. The molecule has 0 saturated carbocycles. The molecule has 1 unspecified atom stereocenters. The van der Waals surface area contributed by atoms with E-state index in [0.717, 1.165) is 16.7 Å². The third-order valence-electron chi connectivity index (χ3n) is 7.04. The van der Waals surface area contributed by atoms with E-state index in [4.69, 9.17) is 9.47 Å². The summed E-state index contributed by atoms with van der Waals surface area (Å²) in [5.41, 5.74) is 3.43. The van der Waals surface area contributed by atoms with Crippen molar-refractivity contribution in [1.29, 1.82) is 0 Å². The highest BCUT2D eigenvalue weighted by atomic mass is 16.5. The molecule has 8 nitrogen and oxygen atoms in total. The Morgan fingerprint density at radius 3 is 2.37 bits per heavy atom. The van der Waals surface area contributed by atoms with Gasteiger partial charge in [0.05, 0.1) is 24.5 Å². The van der Waals surface area contributed by atoms with E-state index in [9.17, 15) is 14.7 Å². The van der Waals surface area contributed by atoms with Crippen LogP contribution in [0.15, 0.2) is 97.1 Å². The van der Waals surface area contributed by atoms with Gasteiger partial charge in [0.15, 0.2) is 0 Å². The number of aliphatic hydroxyl groups is 1. The Hall–Kier alpha value is -4.85. The van der Waals surface area contributed by atoms with Crippen LogP contribution in [0.25, 0.3) is 5.76 Å². The summed E-state index contributed by atoms with van der Waals surface area (Å²) in [5.74, 6) is -0.233. The lowest BCUT2D eigenvalue weighted by Crippen LogP contribution is -2.31. The first-order valence-electron chi connectivity index (χ1n) is 13.7. The number of aromatic nitrogens is 2. The largest absolute Gasteiger partial charge is 0.507 e. The number of likely N-dealkylation sites (tertiary alicyclic amines) is 1. The molecule has 8 heteroatoms. The molecule has 1 N–H and O–H groups in total. The fourth-order valence-corrected chi connectivity index (χ4v) is 5.05. The number of hydrogen-bond acceptors (Lipinski definition) is 6. The number of aryl methyl sites for hydroxylation is 2. The molecule has 41 heavy (non-hydrogen) atoms. The van der Waals surface area contributed by atoms with Crippen LogP contribution in [-0.4, -0.2) is 44.4 Å².